The summed E-state index contributed by atoms with van der Waals surface area (Å²) >= 11 is 0. The predicted molar refractivity (Wildman–Crippen MR) is 113 cm³/mol. The number of ether oxygens (including phenoxy) is 1. The number of hydrogen-bond donors (Lipinski definition) is 4. The lowest BCUT2D eigenvalue weighted by atomic mass is 9.92. The lowest BCUT2D eigenvalue weighted by Gasteiger charge is -2.27. The van der Waals surface area contributed by atoms with Crippen molar-refractivity contribution in [2.45, 2.75) is 109 Å². The maximum atomic E-state index is 11.9. The van der Waals surface area contributed by atoms with Gasteiger partial charge < -0.3 is 25.2 Å². The zero-order chi connectivity index (χ0) is 23.9. The van der Waals surface area contributed by atoms with Crippen LogP contribution >= 0.6 is 0 Å². The van der Waals surface area contributed by atoms with Crippen molar-refractivity contribution in [3.05, 3.63) is 0 Å². The molecule has 0 aromatic heterocycles. The molecule has 0 saturated heterocycles. The summed E-state index contributed by atoms with van der Waals surface area (Å²) in [6.07, 6.45) is 7.71. The average Bonchev–Trinajstić information content (AvgIpc) is 2.65. The average molecular weight is 447 g/mol. The van der Waals surface area contributed by atoms with E-state index < -0.39 is 42.0 Å². The number of unbranched alkanes of at least 4 members (excludes halogenated alkanes) is 9. The van der Waals surface area contributed by atoms with Crippen LogP contribution < -0.4 is 0 Å². The summed E-state index contributed by atoms with van der Waals surface area (Å²) in [7, 11) is 0. The predicted octanol–water partition coefficient (Wildman–Crippen LogP) is 3.61. The molecule has 0 saturated carbocycles. The molecular weight excluding hydrogens is 408 g/mol. The van der Waals surface area contributed by atoms with Crippen LogP contribution in [0.15, 0.2) is 0 Å². The first-order chi connectivity index (χ1) is 14.5. The number of aliphatic hydroxyl groups is 1. The Bertz CT molecular complexity index is 573. The van der Waals surface area contributed by atoms with E-state index in [0.29, 0.717) is 6.42 Å². The summed E-state index contributed by atoms with van der Waals surface area (Å²) in [4.78, 5) is 45.1. The third-order valence-electron chi connectivity index (χ3n) is 5.11. The monoisotopic (exact) mass is 446 g/mol. The van der Waals surface area contributed by atoms with Crippen LogP contribution in [0.2, 0.25) is 0 Å². The molecule has 0 aromatic carbocycles. The quantitative estimate of drug-likeness (QED) is 0.172. The van der Waals surface area contributed by atoms with Crippen molar-refractivity contribution in [1.82, 2.24) is 0 Å². The smallest absolute Gasteiger partial charge is 0.348 e. The minimum Gasteiger partial charge on any atom is -0.481 e. The minimum atomic E-state index is -3.25. The van der Waals surface area contributed by atoms with E-state index in [0.717, 1.165) is 31.6 Å². The number of esters is 1. The molecule has 2 atom stereocenters. The summed E-state index contributed by atoms with van der Waals surface area (Å²) in [5, 5.41) is 36.9. The Morgan fingerprint density at radius 2 is 1.23 bits per heavy atom. The molecule has 0 radical (unpaired) electrons. The molecule has 0 bridgehead atoms. The van der Waals surface area contributed by atoms with Crippen molar-refractivity contribution in [2.24, 2.45) is 5.92 Å². The molecule has 0 fully saturated rings. The van der Waals surface area contributed by atoms with Crippen molar-refractivity contribution < 1.29 is 44.3 Å². The van der Waals surface area contributed by atoms with E-state index in [1.54, 1.807) is 0 Å². The first-order valence-corrected chi connectivity index (χ1v) is 11.1. The maximum absolute atomic E-state index is 11.9. The molecule has 0 heterocycles. The first-order valence-electron chi connectivity index (χ1n) is 11.1. The largest absolute Gasteiger partial charge is 0.481 e. The Hall–Kier alpha value is -2.16. The molecule has 2 unspecified atom stereocenters. The SMILES string of the molecule is CC(C)CCCCCCCCCCCCC(=O)OC(C(=O)O)C(O)(CC(=O)O)C(=O)O. The Morgan fingerprint density at radius 1 is 0.774 bits per heavy atom. The maximum Gasteiger partial charge on any atom is 0.348 e. The molecule has 0 amide bonds. The highest BCUT2D eigenvalue weighted by molar-refractivity contribution is 5.92. The van der Waals surface area contributed by atoms with Crippen LogP contribution in [0.3, 0.4) is 0 Å². The Labute approximate surface area is 183 Å². The number of carboxylic acid groups (broad SMARTS) is 3. The summed E-state index contributed by atoms with van der Waals surface area (Å²) in [6.45, 7) is 4.47. The molecule has 9 heteroatoms. The van der Waals surface area contributed by atoms with Crippen LogP contribution in [-0.2, 0) is 23.9 Å². The summed E-state index contributed by atoms with van der Waals surface area (Å²) in [5.74, 6) is -5.97. The Balaban J connectivity index is 4.09. The van der Waals surface area contributed by atoms with Crippen molar-refractivity contribution in [2.75, 3.05) is 0 Å². The molecule has 4 N–H and O–H groups in total. The fourth-order valence-electron chi connectivity index (χ4n) is 3.29. The van der Waals surface area contributed by atoms with Gasteiger partial charge in [0, 0.05) is 6.42 Å². The van der Waals surface area contributed by atoms with Crippen LogP contribution in [0.1, 0.15) is 97.3 Å². The number of rotatable bonds is 19. The molecule has 0 aliphatic rings. The van der Waals surface area contributed by atoms with Crippen molar-refractivity contribution >= 4 is 23.9 Å². The van der Waals surface area contributed by atoms with Crippen LogP contribution in [-0.4, -0.2) is 56.0 Å². The van der Waals surface area contributed by atoms with Gasteiger partial charge in [-0.2, -0.15) is 0 Å². The van der Waals surface area contributed by atoms with Gasteiger partial charge in [0.25, 0.3) is 0 Å². The van der Waals surface area contributed by atoms with Gasteiger partial charge in [0.2, 0.25) is 11.7 Å². The van der Waals surface area contributed by atoms with Crippen LogP contribution in [0.4, 0.5) is 0 Å². The zero-order valence-corrected chi connectivity index (χ0v) is 18.7. The summed E-state index contributed by atoms with van der Waals surface area (Å²) in [5.41, 5.74) is -3.25. The second kappa shape index (κ2) is 15.6. The molecule has 9 nitrogen and oxygen atoms in total. The van der Waals surface area contributed by atoms with Crippen LogP contribution in [0, 0.1) is 5.92 Å². The van der Waals surface area contributed by atoms with Gasteiger partial charge in [-0.05, 0) is 12.3 Å². The third kappa shape index (κ3) is 13.0. The van der Waals surface area contributed by atoms with Crippen molar-refractivity contribution in [1.29, 1.82) is 0 Å². The molecule has 0 rings (SSSR count). The minimum absolute atomic E-state index is 0.137. The molecule has 31 heavy (non-hydrogen) atoms. The second-order valence-electron chi connectivity index (χ2n) is 8.48. The van der Waals surface area contributed by atoms with Gasteiger partial charge in [0.15, 0.2) is 0 Å². The highest BCUT2D eigenvalue weighted by atomic mass is 16.6. The van der Waals surface area contributed by atoms with E-state index in [1.807, 2.05) is 0 Å². The van der Waals surface area contributed by atoms with E-state index in [9.17, 15) is 24.3 Å². The van der Waals surface area contributed by atoms with E-state index in [4.69, 9.17) is 15.3 Å². The lowest BCUT2D eigenvalue weighted by molar-refractivity contribution is -0.197. The number of carboxylic acids is 3. The van der Waals surface area contributed by atoms with E-state index >= 15 is 0 Å². The van der Waals surface area contributed by atoms with Gasteiger partial charge in [-0.25, -0.2) is 9.59 Å². The van der Waals surface area contributed by atoms with E-state index in [2.05, 4.69) is 18.6 Å². The molecule has 0 spiro atoms. The summed E-state index contributed by atoms with van der Waals surface area (Å²) < 4.78 is 4.61. The second-order valence-corrected chi connectivity index (χ2v) is 8.48. The first kappa shape index (κ1) is 28.8. The van der Waals surface area contributed by atoms with E-state index in [1.165, 1.54) is 38.5 Å². The fraction of sp³-hybridized carbons (Fsp3) is 0.818. The van der Waals surface area contributed by atoms with Crippen molar-refractivity contribution in [3.8, 4) is 0 Å². The number of aliphatic carboxylic acids is 3. The van der Waals surface area contributed by atoms with Crippen LogP contribution in [0.25, 0.3) is 0 Å². The molecular formula is C22H38O9. The lowest BCUT2D eigenvalue weighted by Crippen LogP contribution is -2.56. The highest BCUT2D eigenvalue weighted by Crippen LogP contribution is 2.21. The Kier molecular flexibility index (Phi) is 14.5. The fourth-order valence-corrected chi connectivity index (χ4v) is 3.29. The van der Waals surface area contributed by atoms with Crippen LogP contribution in [0.5, 0.6) is 0 Å². The van der Waals surface area contributed by atoms with Gasteiger partial charge in [-0.1, -0.05) is 78.1 Å². The molecule has 0 aliphatic carbocycles. The number of hydrogen-bond acceptors (Lipinski definition) is 6. The number of carbonyl (C=O) groups excluding carboxylic acids is 1. The van der Waals surface area contributed by atoms with Gasteiger partial charge in [0.1, 0.15) is 0 Å². The summed E-state index contributed by atoms with van der Waals surface area (Å²) in [6, 6.07) is 0. The third-order valence-corrected chi connectivity index (χ3v) is 5.11. The highest BCUT2D eigenvalue weighted by Gasteiger charge is 2.52. The molecule has 0 aromatic rings. The van der Waals surface area contributed by atoms with Gasteiger partial charge in [-0.15, -0.1) is 0 Å². The Morgan fingerprint density at radius 3 is 1.61 bits per heavy atom. The normalized spacial score (nSPS) is 14.1. The topological polar surface area (TPSA) is 158 Å². The zero-order valence-electron chi connectivity index (χ0n) is 18.7. The van der Waals surface area contributed by atoms with Crippen molar-refractivity contribution in [3.63, 3.8) is 0 Å². The standard InChI is InChI=1S/C22H38O9/c1-16(2)13-11-9-7-5-3-4-6-8-10-12-14-18(25)31-19(20(26)27)22(30,21(28)29)15-17(23)24/h16,19,30H,3-15H2,1-2H3,(H,23,24)(H,26,27)(H,28,29). The van der Waals surface area contributed by atoms with E-state index in [-0.39, 0.29) is 6.42 Å². The molecule has 0 aliphatic heterocycles. The molecule has 180 valence electrons. The number of carbonyl (C=O) groups is 4. The van der Waals surface area contributed by atoms with Gasteiger partial charge in [0.05, 0.1) is 6.42 Å². The van der Waals surface area contributed by atoms with Gasteiger partial charge in [-0.3, -0.25) is 9.59 Å². The van der Waals surface area contributed by atoms with Gasteiger partial charge >= 0.3 is 23.9 Å².